The summed E-state index contributed by atoms with van der Waals surface area (Å²) in [6.07, 6.45) is 1.58. The Bertz CT molecular complexity index is 517. The molecule has 0 radical (unpaired) electrons. The van der Waals surface area contributed by atoms with Crippen LogP contribution in [-0.2, 0) is 0 Å². The highest BCUT2D eigenvalue weighted by molar-refractivity contribution is 5.59. The Morgan fingerprint density at radius 3 is 2.88 bits per heavy atom. The first-order valence-corrected chi connectivity index (χ1v) is 4.99. The standard InChI is InChI=1S/C11H12FN5/c1-17(9-4-2-3-8(12)7-9)10-5-6-14-11(15-10)16-13/h2-7H,13H2,1H3,(H,14,15,16). The molecule has 2 aromatic rings. The van der Waals surface area contributed by atoms with Crippen molar-refractivity contribution in [3.63, 3.8) is 0 Å². The van der Waals surface area contributed by atoms with E-state index in [0.29, 0.717) is 17.5 Å². The average Bonchev–Trinajstić information content (AvgIpc) is 2.38. The Labute approximate surface area is 98.1 Å². The number of anilines is 3. The number of hydrogen-bond acceptors (Lipinski definition) is 5. The molecular weight excluding hydrogens is 221 g/mol. The molecule has 2 rings (SSSR count). The molecule has 0 aliphatic rings. The Morgan fingerprint density at radius 2 is 2.18 bits per heavy atom. The van der Waals surface area contributed by atoms with Gasteiger partial charge in [-0.25, -0.2) is 15.2 Å². The largest absolute Gasteiger partial charge is 0.329 e. The van der Waals surface area contributed by atoms with Gasteiger partial charge in [-0.15, -0.1) is 0 Å². The van der Waals surface area contributed by atoms with Crippen LogP contribution in [0.2, 0.25) is 0 Å². The zero-order valence-electron chi connectivity index (χ0n) is 9.26. The predicted molar refractivity (Wildman–Crippen MR) is 64.3 cm³/mol. The highest BCUT2D eigenvalue weighted by Gasteiger charge is 2.07. The van der Waals surface area contributed by atoms with E-state index in [1.54, 1.807) is 36.3 Å². The molecule has 1 aromatic carbocycles. The lowest BCUT2D eigenvalue weighted by atomic mass is 10.3. The first-order valence-electron chi connectivity index (χ1n) is 4.99. The molecule has 88 valence electrons. The molecule has 0 saturated heterocycles. The van der Waals surface area contributed by atoms with Crippen LogP contribution in [0.5, 0.6) is 0 Å². The number of nitrogens with zero attached hydrogens (tertiary/aromatic N) is 3. The van der Waals surface area contributed by atoms with Gasteiger partial charge < -0.3 is 4.90 Å². The van der Waals surface area contributed by atoms with Crippen LogP contribution in [0.25, 0.3) is 0 Å². The predicted octanol–water partition coefficient (Wildman–Crippen LogP) is 1.67. The third-order valence-electron chi connectivity index (χ3n) is 2.31. The third kappa shape index (κ3) is 2.48. The van der Waals surface area contributed by atoms with Crippen molar-refractivity contribution in [3.05, 3.63) is 42.3 Å². The number of aromatic nitrogens is 2. The normalized spacial score (nSPS) is 10.1. The maximum atomic E-state index is 13.1. The molecule has 0 aliphatic carbocycles. The van der Waals surface area contributed by atoms with E-state index < -0.39 is 0 Å². The topological polar surface area (TPSA) is 67.1 Å². The molecule has 0 bridgehead atoms. The van der Waals surface area contributed by atoms with Crippen LogP contribution in [0.1, 0.15) is 0 Å². The minimum absolute atomic E-state index is 0.291. The second-order valence-corrected chi connectivity index (χ2v) is 3.42. The number of hydrogen-bond donors (Lipinski definition) is 2. The van der Waals surface area contributed by atoms with Crippen LogP contribution in [0.3, 0.4) is 0 Å². The summed E-state index contributed by atoms with van der Waals surface area (Å²) in [6.45, 7) is 0. The molecule has 3 N–H and O–H groups in total. The SMILES string of the molecule is CN(c1cccc(F)c1)c1ccnc(NN)n1. The lowest BCUT2D eigenvalue weighted by molar-refractivity contribution is 0.628. The van der Waals surface area contributed by atoms with Crippen LogP contribution in [-0.4, -0.2) is 17.0 Å². The highest BCUT2D eigenvalue weighted by Crippen LogP contribution is 2.22. The maximum absolute atomic E-state index is 13.1. The number of benzene rings is 1. The van der Waals surface area contributed by atoms with Gasteiger partial charge in [-0.3, -0.25) is 5.43 Å². The quantitative estimate of drug-likeness (QED) is 0.623. The minimum Gasteiger partial charge on any atom is -0.329 e. The molecule has 5 nitrogen and oxygen atoms in total. The number of nitrogens with two attached hydrogens (primary N) is 1. The van der Waals surface area contributed by atoms with Crippen molar-refractivity contribution in [2.24, 2.45) is 5.84 Å². The van der Waals surface area contributed by atoms with Crippen LogP contribution in [0, 0.1) is 5.82 Å². The molecule has 0 spiro atoms. The van der Waals surface area contributed by atoms with Crippen molar-refractivity contribution >= 4 is 17.5 Å². The van der Waals surface area contributed by atoms with Crippen LogP contribution >= 0.6 is 0 Å². The maximum Gasteiger partial charge on any atom is 0.239 e. The molecule has 17 heavy (non-hydrogen) atoms. The van der Waals surface area contributed by atoms with Gasteiger partial charge in [-0.1, -0.05) is 6.07 Å². The van der Waals surface area contributed by atoms with E-state index in [1.165, 1.54) is 12.1 Å². The first-order chi connectivity index (χ1) is 8.20. The van der Waals surface area contributed by atoms with Crippen molar-refractivity contribution < 1.29 is 4.39 Å². The average molecular weight is 233 g/mol. The summed E-state index contributed by atoms with van der Waals surface area (Å²) < 4.78 is 13.1. The van der Waals surface area contributed by atoms with Gasteiger partial charge >= 0.3 is 0 Å². The zero-order chi connectivity index (χ0) is 12.3. The molecule has 0 fully saturated rings. The van der Waals surface area contributed by atoms with E-state index in [0.717, 1.165) is 0 Å². The van der Waals surface area contributed by atoms with Crippen molar-refractivity contribution in [1.29, 1.82) is 0 Å². The number of nitrogens with one attached hydrogen (secondary N) is 1. The summed E-state index contributed by atoms with van der Waals surface area (Å²) in [7, 11) is 1.79. The van der Waals surface area contributed by atoms with Gasteiger partial charge in [-0.2, -0.15) is 4.98 Å². The molecular formula is C11H12FN5. The number of hydrazine groups is 1. The van der Waals surface area contributed by atoms with E-state index >= 15 is 0 Å². The summed E-state index contributed by atoms with van der Waals surface area (Å²) in [5.41, 5.74) is 3.06. The fourth-order valence-corrected chi connectivity index (χ4v) is 1.42. The van der Waals surface area contributed by atoms with Gasteiger partial charge in [0.15, 0.2) is 0 Å². The lowest BCUT2D eigenvalue weighted by Gasteiger charge is -2.18. The summed E-state index contributed by atoms with van der Waals surface area (Å²) >= 11 is 0. The molecule has 1 heterocycles. The van der Waals surface area contributed by atoms with E-state index in [9.17, 15) is 4.39 Å². The van der Waals surface area contributed by atoms with Gasteiger partial charge in [-0.05, 0) is 24.3 Å². The van der Waals surface area contributed by atoms with E-state index in [2.05, 4.69) is 15.4 Å². The first kappa shape index (κ1) is 11.3. The zero-order valence-corrected chi connectivity index (χ0v) is 9.26. The number of rotatable bonds is 3. The Balaban J connectivity index is 2.33. The second kappa shape index (κ2) is 4.75. The molecule has 1 aromatic heterocycles. The summed E-state index contributed by atoms with van der Waals surface area (Å²) in [5.74, 6) is 5.87. The molecule has 0 saturated carbocycles. The highest BCUT2D eigenvalue weighted by atomic mass is 19.1. The Morgan fingerprint density at radius 1 is 1.35 bits per heavy atom. The van der Waals surface area contributed by atoms with Crippen molar-refractivity contribution in [2.75, 3.05) is 17.4 Å². The second-order valence-electron chi connectivity index (χ2n) is 3.42. The summed E-state index contributed by atoms with van der Waals surface area (Å²) in [5, 5.41) is 0. The fraction of sp³-hybridized carbons (Fsp3) is 0.0909. The van der Waals surface area contributed by atoms with Crippen LogP contribution < -0.4 is 16.2 Å². The summed E-state index contributed by atoms with van der Waals surface area (Å²) in [6, 6.07) is 7.97. The number of halogens is 1. The smallest absolute Gasteiger partial charge is 0.239 e. The van der Waals surface area contributed by atoms with Gasteiger partial charge in [0, 0.05) is 18.9 Å². The van der Waals surface area contributed by atoms with Gasteiger partial charge in [0.25, 0.3) is 0 Å². The van der Waals surface area contributed by atoms with Gasteiger partial charge in [0.05, 0.1) is 0 Å². The van der Waals surface area contributed by atoms with Crippen molar-refractivity contribution in [2.45, 2.75) is 0 Å². The van der Waals surface area contributed by atoms with Crippen molar-refractivity contribution in [3.8, 4) is 0 Å². The molecule has 6 heteroatoms. The van der Waals surface area contributed by atoms with E-state index in [1.807, 2.05) is 0 Å². The number of nitrogen functional groups attached to an aromatic ring is 1. The van der Waals surface area contributed by atoms with Crippen molar-refractivity contribution in [1.82, 2.24) is 9.97 Å². The Kier molecular flexibility index (Phi) is 3.15. The monoisotopic (exact) mass is 233 g/mol. The molecule has 0 atom stereocenters. The van der Waals surface area contributed by atoms with Gasteiger partial charge in [0.1, 0.15) is 11.6 Å². The van der Waals surface area contributed by atoms with E-state index in [4.69, 9.17) is 5.84 Å². The van der Waals surface area contributed by atoms with Gasteiger partial charge in [0.2, 0.25) is 5.95 Å². The fourth-order valence-electron chi connectivity index (χ4n) is 1.42. The molecule has 0 unspecified atom stereocenters. The minimum atomic E-state index is -0.291. The lowest BCUT2D eigenvalue weighted by Crippen LogP contribution is -2.15. The summed E-state index contributed by atoms with van der Waals surface area (Å²) in [4.78, 5) is 9.80. The third-order valence-corrected chi connectivity index (χ3v) is 2.31. The molecule has 0 amide bonds. The molecule has 0 aliphatic heterocycles. The Hall–Kier alpha value is -2.21. The van der Waals surface area contributed by atoms with Crippen LogP contribution in [0.15, 0.2) is 36.5 Å². The van der Waals surface area contributed by atoms with E-state index in [-0.39, 0.29) is 5.82 Å². The van der Waals surface area contributed by atoms with Crippen LogP contribution in [0.4, 0.5) is 21.8 Å².